The van der Waals surface area contributed by atoms with Crippen molar-refractivity contribution in [3.63, 3.8) is 0 Å². The van der Waals surface area contributed by atoms with E-state index in [2.05, 4.69) is 15.3 Å². The maximum atomic E-state index is 11.7. The van der Waals surface area contributed by atoms with E-state index in [-0.39, 0.29) is 30.1 Å². The molecule has 1 N–H and O–H groups in total. The van der Waals surface area contributed by atoms with Crippen LogP contribution in [-0.2, 0) is 0 Å². The summed E-state index contributed by atoms with van der Waals surface area (Å²) >= 11 is 0. The van der Waals surface area contributed by atoms with Crippen LogP contribution < -0.4 is 10.1 Å². The molecule has 0 spiro atoms. The summed E-state index contributed by atoms with van der Waals surface area (Å²) in [6.45, 7) is 0.314. The van der Waals surface area contributed by atoms with E-state index >= 15 is 0 Å². The number of nitrogens with one attached hydrogen (secondary N) is 1. The molecular formula is C10H11N5O4. The Labute approximate surface area is 108 Å². The second-order valence-electron chi connectivity index (χ2n) is 3.35. The van der Waals surface area contributed by atoms with Crippen LogP contribution in [0.15, 0.2) is 23.3 Å². The summed E-state index contributed by atoms with van der Waals surface area (Å²) in [5.41, 5.74) is 8.08. The number of rotatable bonds is 6. The monoisotopic (exact) mass is 265 g/mol. The molecule has 0 radical (unpaired) electrons. The lowest BCUT2D eigenvalue weighted by molar-refractivity contribution is -0.385. The number of methoxy groups -OCH3 is 1. The van der Waals surface area contributed by atoms with Crippen molar-refractivity contribution < 1.29 is 14.5 Å². The van der Waals surface area contributed by atoms with Crippen molar-refractivity contribution in [2.45, 2.75) is 0 Å². The zero-order valence-corrected chi connectivity index (χ0v) is 10.1. The van der Waals surface area contributed by atoms with Crippen LogP contribution in [0.2, 0.25) is 0 Å². The Balaban J connectivity index is 2.81. The van der Waals surface area contributed by atoms with Gasteiger partial charge in [-0.2, -0.15) is 0 Å². The van der Waals surface area contributed by atoms with Crippen LogP contribution in [0.3, 0.4) is 0 Å². The molecule has 0 saturated heterocycles. The Morgan fingerprint density at radius 2 is 2.37 bits per heavy atom. The molecule has 19 heavy (non-hydrogen) atoms. The predicted molar refractivity (Wildman–Crippen MR) is 66.0 cm³/mol. The highest BCUT2D eigenvalue weighted by Crippen LogP contribution is 2.27. The van der Waals surface area contributed by atoms with Gasteiger partial charge in [0.2, 0.25) is 0 Å². The smallest absolute Gasteiger partial charge is 0.310 e. The summed E-state index contributed by atoms with van der Waals surface area (Å²) in [7, 11) is 1.28. The van der Waals surface area contributed by atoms with Gasteiger partial charge < -0.3 is 10.1 Å². The first-order valence-electron chi connectivity index (χ1n) is 5.21. The van der Waals surface area contributed by atoms with Gasteiger partial charge in [-0.1, -0.05) is 5.11 Å². The number of nitro groups is 1. The Morgan fingerprint density at radius 1 is 1.63 bits per heavy atom. The number of hydrogen-bond donors (Lipinski definition) is 1. The van der Waals surface area contributed by atoms with Crippen molar-refractivity contribution >= 4 is 11.6 Å². The highest BCUT2D eigenvalue weighted by Gasteiger charge is 2.17. The van der Waals surface area contributed by atoms with E-state index in [9.17, 15) is 14.9 Å². The van der Waals surface area contributed by atoms with Crippen molar-refractivity contribution in [2.24, 2.45) is 5.11 Å². The van der Waals surface area contributed by atoms with Gasteiger partial charge in [0.1, 0.15) is 0 Å². The number of ether oxygens (including phenoxy) is 1. The molecule has 0 atom stereocenters. The molecule has 0 aliphatic heterocycles. The molecular weight excluding hydrogens is 254 g/mol. The molecule has 0 heterocycles. The predicted octanol–water partition coefficient (Wildman–Crippen LogP) is 1.64. The van der Waals surface area contributed by atoms with Crippen molar-refractivity contribution in [1.29, 1.82) is 0 Å². The first kappa shape index (κ1) is 14.3. The zero-order valence-electron chi connectivity index (χ0n) is 10.1. The van der Waals surface area contributed by atoms with Crippen molar-refractivity contribution in [1.82, 2.24) is 5.32 Å². The minimum Gasteiger partial charge on any atom is -0.490 e. The van der Waals surface area contributed by atoms with Gasteiger partial charge in [0.25, 0.3) is 5.91 Å². The SMILES string of the molecule is COc1cc(C(=O)NCCN=[N+]=[N-])ccc1[N+](=O)[O-]. The van der Waals surface area contributed by atoms with Gasteiger partial charge in [-0.05, 0) is 11.6 Å². The zero-order chi connectivity index (χ0) is 14.3. The Bertz CT molecular complexity index is 539. The summed E-state index contributed by atoms with van der Waals surface area (Å²) in [6.07, 6.45) is 0. The van der Waals surface area contributed by atoms with Gasteiger partial charge >= 0.3 is 5.69 Å². The number of carbonyl (C=O) groups excluding carboxylic acids is 1. The summed E-state index contributed by atoms with van der Waals surface area (Å²) in [4.78, 5) is 24.3. The maximum Gasteiger partial charge on any atom is 0.310 e. The third-order valence-electron chi connectivity index (χ3n) is 2.20. The number of azide groups is 1. The molecule has 9 heteroatoms. The Kier molecular flexibility index (Phi) is 5.12. The molecule has 0 aliphatic rings. The fraction of sp³-hybridized carbons (Fsp3) is 0.300. The van der Waals surface area contributed by atoms with E-state index in [0.29, 0.717) is 0 Å². The molecule has 100 valence electrons. The number of amides is 1. The van der Waals surface area contributed by atoms with E-state index in [1.54, 1.807) is 0 Å². The second kappa shape index (κ2) is 6.82. The molecule has 1 aromatic rings. The second-order valence-corrected chi connectivity index (χ2v) is 3.35. The minimum absolute atomic E-state index is 0.00713. The topological polar surface area (TPSA) is 130 Å². The number of nitrogens with zero attached hydrogens (tertiary/aromatic N) is 4. The van der Waals surface area contributed by atoms with Crippen LogP contribution in [0, 0.1) is 10.1 Å². The number of carbonyl (C=O) groups is 1. The number of hydrogen-bond acceptors (Lipinski definition) is 5. The first-order valence-corrected chi connectivity index (χ1v) is 5.21. The first-order chi connectivity index (χ1) is 9.10. The summed E-state index contributed by atoms with van der Waals surface area (Å²) in [5.74, 6) is -0.422. The van der Waals surface area contributed by atoms with E-state index in [4.69, 9.17) is 10.3 Å². The summed E-state index contributed by atoms with van der Waals surface area (Å²) < 4.78 is 4.85. The van der Waals surface area contributed by atoms with E-state index in [1.165, 1.54) is 25.3 Å². The molecule has 1 aromatic carbocycles. The van der Waals surface area contributed by atoms with E-state index < -0.39 is 10.8 Å². The molecule has 0 aromatic heterocycles. The van der Waals surface area contributed by atoms with Crippen LogP contribution in [0.5, 0.6) is 5.75 Å². The molecule has 0 saturated carbocycles. The lowest BCUT2D eigenvalue weighted by Gasteiger charge is -2.06. The standard InChI is InChI=1S/C10H11N5O4/c1-19-9-6-7(2-3-8(9)15(17)18)10(16)12-4-5-13-14-11/h2-3,6H,4-5H2,1H3,(H,12,16). The van der Waals surface area contributed by atoms with Gasteiger partial charge in [0.15, 0.2) is 5.75 Å². The molecule has 1 amide bonds. The van der Waals surface area contributed by atoms with E-state index in [0.717, 1.165) is 0 Å². The number of nitro benzene ring substituents is 1. The van der Waals surface area contributed by atoms with Crippen molar-refractivity contribution in [3.8, 4) is 5.75 Å². The average Bonchev–Trinajstić information content (AvgIpc) is 2.42. The highest BCUT2D eigenvalue weighted by atomic mass is 16.6. The van der Waals surface area contributed by atoms with Gasteiger partial charge in [0, 0.05) is 35.7 Å². The van der Waals surface area contributed by atoms with Crippen LogP contribution in [0.1, 0.15) is 10.4 Å². The van der Waals surface area contributed by atoms with Gasteiger partial charge in [-0.25, -0.2) is 0 Å². The summed E-state index contributed by atoms with van der Waals surface area (Å²) in [6, 6.07) is 3.80. The molecule has 0 unspecified atom stereocenters. The number of benzene rings is 1. The van der Waals surface area contributed by atoms with E-state index in [1.807, 2.05) is 0 Å². The lowest BCUT2D eigenvalue weighted by Crippen LogP contribution is -2.25. The maximum absolute atomic E-state index is 11.7. The highest BCUT2D eigenvalue weighted by molar-refractivity contribution is 5.95. The Hall–Kier alpha value is -2.80. The molecule has 9 nitrogen and oxygen atoms in total. The lowest BCUT2D eigenvalue weighted by atomic mass is 10.2. The Morgan fingerprint density at radius 3 is 2.95 bits per heavy atom. The van der Waals surface area contributed by atoms with Gasteiger partial charge in [-0.3, -0.25) is 14.9 Å². The minimum atomic E-state index is -0.595. The quantitative estimate of drug-likeness (QED) is 0.209. The molecule has 0 aliphatic carbocycles. The average molecular weight is 265 g/mol. The van der Waals surface area contributed by atoms with Crippen LogP contribution in [0.4, 0.5) is 5.69 Å². The van der Waals surface area contributed by atoms with Gasteiger partial charge in [-0.15, -0.1) is 0 Å². The third-order valence-corrected chi connectivity index (χ3v) is 2.20. The third kappa shape index (κ3) is 3.86. The molecule has 0 bridgehead atoms. The van der Waals surface area contributed by atoms with Crippen LogP contribution in [-0.4, -0.2) is 31.0 Å². The molecule has 0 fully saturated rings. The molecule has 1 rings (SSSR count). The largest absolute Gasteiger partial charge is 0.490 e. The van der Waals surface area contributed by atoms with Crippen LogP contribution in [0.25, 0.3) is 10.4 Å². The fourth-order valence-corrected chi connectivity index (χ4v) is 1.34. The fourth-order valence-electron chi connectivity index (χ4n) is 1.34. The van der Waals surface area contributed by atoms with Crippen molar-refractivity contribution in [3.05, 3.63) is 44.3 Å². The summed E-state index contributed by atoms with van der Waals surface area (Å²) in [5, 5.41) is 16.4. The van der Waals surface area contributed by atoms with Crippen LogP contribution >= 0.6 is 0 Å². The normalized spacial score (nSPS) is 9.32. The van der Waals surface area contributed by atoms with Crippen molar-refractivity contribution in [2.75, 3.05) is 20.2 Å². The van der Waals surface area contributed by atoms with Gasteiger partial charge in [0.05, 0.1) is 12.0 Å².